The molecule has 13 nitrogen and oxygen atoms in total. The van der Waals surface area contributed by atoms with Crippen LogP contribution in [0.25, 0.3) is 184 Å². The molecule has 0 N–H and O–H groups in total. The molecule has 0 aliphatic rings. The molecular weight excluding hydrogens is 1310 g/mol. The minimum absolute atomic E-state index is 0.843. The third-order valence-corrected chi connectivity index (χ3v) is 20.0. The van der Waals surface area contributed by atoms with E-state index in [2.05, 4.69) is 310 Å². The summed E-state index contributed by atoms with van der Waals surface area (Å²) < 4.78 is 11.3. The first-order valence-corrected chi connectivity index (χ1v) is 35.6. The van der Waals surface area contributed by atoms with Crippen molar-refractivity contribution in [2.75, 3.05) is 0 Å². The van der Waals surface area contributed by atoms with Crippen molar-refractivity contribution >= 4 is 110 Å². The van der Waals surface area contributed by atoms with Crippen LogP contribution in [0, 0.1) is 0 Å². The van der Waals surface area contributed by atoms with E-state index in [-0.39, 0.29) is 0 Å². The smallest absolute Gasteiger partial charge is 0.145 e. The molecule has 22 aromatic rings. The first-order chi connectivity index (χ1) is 53.1. The van der Waals surface area contributed by atoms with Gasteiger partial charge in [-0.1, -0.05) is 170 Å². The van der Waals surface area contributed by atoms with Crippen molar-refractivity contribution in [3.05, 3.63) is 371 Å². The highest BCUT2D eigenvalue weighted by molar-refractivity contribution is 6.22. The minimum atomic E-state index is 0.843. The van der Waals surface area contributed by atoms with Gasteiger partial charge in [0.1, 0.15) is 17.5 Å². The van der Waals surface area contributed by atoms with Crippen molar-refractivity contribution in [2.24, 2.45) is 0 Å². The van der Waals surface area contributed by atoms with E-state index in [1.807, 2.05) is 104 Å². The second-order valence-electron chi connectivity index (χ2n) is 26.3. The third-order valence-electron chi connectivity index (χ3n) is 20.0. The van der Waals surface area contributed by atoms with Crippen LogP contribution < -0.4 is 0 Å². The lowest BCUT2D eigenvalue weighted by atomic mass is 10.0. The summed E-state index contributed by atoms with van der Waals surface area (Å²) >= 11 is 0. The fourth-order valence-electron chi connectivity index (χ4n) is 15.3. The number of pyridine rings is 5. The van der Waals surface area contributed by atoms with E-state index < -0.39 is 0 Å². The molecule has 0 aliphatic heterocycles. The number of rotatable bonds is 9. The summed E-state index contributed by atoms with van der Waals surface area (Å²) in [6.07, 6.45) is 7.35. The first kappa shape index (κ1) is 62.0. The summed E-state index contributed by atoms with van der Waals surface area (Å²) in [5.74, 6) is 2.53. The zero-order chi connectivity index (χ0) is 70.7. The van der Waals surface area contributed by atoms with E-state index in [0.717, 1.165) is 184 Å². The number of hydrogen-bond donors (Lipinski definition) is 0. The Labute approximate surface area is 613 Å². The van der Waals surface area contributed by atoms with E-state index in [9.17, 15) is 0 Å². The number of imidazole rings is 3. The predicted molar refractivity (Wildman–Crippen MR) is 435 cm³/mol. The molecule has 107 heavy (non-hydrogen) atoms. The monoisotopic (exact) mass is 1370 g/mol. The van der Waals surface area contributed by atoms with Crippen LogP contribution in [-0.4, -0.2) is 62.7 Å². The van der Waals surface area contributed by atoms with Crippen LogP contribution in [0.2, 0.25) is 0 Å². The highest BCUT2D eigenvalue weighted by Crippen LogP contribution is 2.41. The molecule has 502 valence electrons. The van der Waals surface area contributed by atoms with Crippen LogP contribution in [0.3, 0.4) is 0 Å². The molecule has 0 saturated carbocycles. The lowest BCUT2D eigenvalue weighted by Gasteiger charge is -2.15. The summed E-state index contributed by atoms with van der Waals surface area (Å²) in [7, 11) is 0. The maximum atomic E-state index is 5.28. The number of nitrogens with zero attached hydrogens (tertiary/aromatic N) is 13. The number of para-hydroxylation sites is 11. The Morgan fingerprint density at radius 3 is 0.953 bits per heavy atom. The van der Waals surface area contributed by atoms with E-state index in [1.165, 1.54) is 0 Å². The Balaban J connectivity index is 0.000000115. The van der Waals surface area contributed by atoms with Gasteiger partial charge in [-0.15, -0.1) is 0 Å². The van der Waals surface area contributed by atoms with Gasteiger partial charge in [-0.3, -0.25) is 33.6 Å². The predicted octanol–water partition coefficient (Wildman–Crippen LogP) is 22.4. The Hall–Kier alpha value is -14.8. The summed E-state index contributed by atoms with van der Waals surface area (Å²) in [6, 6.07) is 119. The number of benzene rings is 12. The van der Waals surface area contributed by atoms with Gasteiger partial charge in [0.25, 0.3) is 0 Å². The zero-order valence-electron chi connectivity index (χ0n) is 57.5. The van der Waals surface area contributed by atoms with Crippen molar-refractivity contribution in [3.63, 3.8) is 0 Å². The van der Waals surface area contributed by atoms with Gasteiger partial charge >= 0.3 is 0 Å². The molecule has 0 bridgehead atoms. The normalized spacial score (nSPS) is 11.6. The molecule has 0 spiro atoms. The summed E-state index contributed by atoms with van der Waals surface area (Å²) in [5, 5.41) is 5.56. The first-order valence-electron chi connectivity index (χ1n) is 35.6. The van der Waals surface area contributed by atoms with Gasteiger partial charge in [0.15, 0.2) is 0 Å². The highest BCUT2D eigenvalue weighted by Gasteiger charge is 2.24. The molecule has 0 aliphatic carbocycles. The maximum absolute atomic E-state index is 5.28. The number of hydrogen-bond acceptors (Lipinski definition) is 8. The van der Waals surface area contributed by atoms with Gasteiger partial charge < -0.3 is 9.13 Å². The molecule has 10 heterocycles. The fourth-order valence-corrected chi connectivity index (χ4v) is 15.3. The van der Waals surface area contributed by atoms with Crippen molar-refractivity contribution in [1.29, 1.82) is 0 Å². The molecule has 13 heteroatoms. The molecule has 10 aromatic heterocycles. The Kier molecular flexibility index (Phi) is 15.2. The summed E-state index contributed by atoms with van der Waals surface area (Å²) in [5.41, 5.74) is 25.6. The van der Waals surface area contributed by atoms with Gasteiger partial charge in [-0.25, -0.2) is 19.9 Å². The van der Waals surface area contributed by atoms with Crippen LogP contribution in [0.15, 0.2) is 371 Å². The van der Waals surface area contributed by atoms with Gasteiger partial charge in [0.05, 0.1) is 88.4 Å². The van der Waals surface area contributed by atoms with Crippen molar-refractivity contribution < 1.29 is 0 Å². The van der Waals surface area contributed by atoms with Gasteiger partial charge in [0, 0.05) is 102 Å². The molecular formula is C94H61N13. The van der Waals surface area contributed by atoms with Gasteiger partial charge in [0.2, 0.25) is 0 Å². The largest absolute Gasteiger partial charge is 0.308 e. The minimum Gasteiger partial charge on any atom is -0.308 e. The van der Waals surface area contributed by atoms with Crippen molar-refractivity contribution in [3.8, 4) is 73.9 Å². The van der Waals surface area contributed by atoms with Crippen LogP contribution >= 0.6 is 0 Å². The van der Waals surface area contributed by atoms with Gasteiger partial charge in [-0.05, 0) is 176 Å². The second-order valence-corrected chi connectivity index (χ2v) is 26.3. The Bertz CT molecular complexity index is 6540. The lowest BCUT2D eigenvalue weighted by Crippen LogP contribution is -2.02. The van der Waals surface area contributed by atoms with Crippen LogP contribution in [0.4, 0.5) is 0 Å². The van der Waals surface area contributed by atoms with Crippen LogP contribution in [-0.2, 0) is 0 Å². The second kappa shape index (κ2) is 26.2. The van der Waals surface area contributed by atoms with Crippen LogP contribution in [0.1, 0.15) is 0 Å². The molecule has 0 amide bonds. The third kappa shape index (κ3) is 10.8. The Morgan fingerprint density at radius 1 is 0.178 bits per heavy atom. The average Bonchev–Trinajstić information content (AvgIpc) is 1.74. The Morgan fingerprint density at radius 2 is 0.505 bits per heavy atom. The van der Waals surface area contributed by atoms with Crippen molar-refractivity contribution in [1.82, 2.24) is 62.7 Å². The molecule has 0 unspecified atom stereocenters. The summed E-state index contributed by atoms with van der Waals surface area (Å²) in [4.78, 5) is 39.3. The molecule has 0 fully saturated rings. The summed E-state index contributed by atoms with van der Waals surface area (Å²) in [6.45, 7) is 0. The van der Waals surface area contributed by atoms with E-state index in [4.69, 9.17) is 19.9 Å². The highest BCUT2D eigenvalue weighted by atomic mass is 15.1. The number of fused-ring (bicyclic) bond motifs is 15. The molecule has 0 atom stereocenters. The molecule has 22 rings (SSSR count). The fraction of sp³-hybridized carbons (Fsp3) is 0. The number of aromatic nitrogens is 13. The molecule has 12 aromatic carbocycles. The topological polar surface area (TPSA) is 128 Å². The standard InChI is InChI=1S/C45H30N6.C28H18N4.C21H13N3/c1-4-16-34(17-5-1)49-40-25-13-10-22-37(40)46-43(49)31-28-32(44-47-38-23-11-14-26-41(38)50(44)35-18-6-2-7-19-35)30-33(29-31)45-48-39-24-12-15-27-42(39)51(45)36-20-8-3-9-21-36;1-3-12-23-21(10-1)27-25(14-6-16-29-27)31(23)19-8-5-9-20(18-19)32-24-13-4-2-11-22(24)28-26(32)15-7-17-30-28;1-2-6-14(7-3-1)18-11-10-16-15-8-4-12-22-20(15)21-17(19(16)24-18)9-5-13-23-21/h1-30H;1-18H;1-13H. The maximum Gasteiger partial charge on any atom is 0.145 e. The van der Waals surface area contributed by atoms with E-state index in [1.54, 1.807) is 0 Å². The van der Waals surface area contributed by atoms with E-state index >= 15 is 0 Å². The quantitative estimate of drug-likeness (QED) is 0.131. The van der Waals surface area contributed by atoms with E-state index in [0.29, 0.717) is 0 Å². The SMILES string of the molecule is c1cc(-n2c3ccccc3c3ncccc32)cc(-n2c3ccccc3c3ncccc32)c1.c1ccc(-c2ccc3c4cccnc4c4ncccc4c3n2)cc1.c1ccc(-n2c(-c3cc(-c4nc5ccccc5n4-c4ccccc4)cc(-c4nc5ccccc5n4-c4ccccc4)c3)nc3ccccc32)cc1. The molecule has 0 radical (unpaired) electrons. The zero-order valence-corrected chi connectivity index (χ0v) is 57.5. The molecule has 0 saturated heterocycles. The average molecular weight is 1370 g/mol. The van der Waals surface area contributed by atoms with Gasteiger partial charge in [-0.2, -0.15) is 0 Å². The lowest BCUT2D eigenvalue weighted by molar-refractivity contribution is 1.09. The van der Waals surface area contributed by atoms with Crippen LogP contribution in [0.5, 0.6) is 0 Å². The van der Waals surface area contributed by atoms with Crippen molar-refractivity contribution in [2.45, 2.75) is 0 Å².